The van der Waals surface area contributed by atoms with E-state index in [0.717, 1.165) is 18.9 Å². The Morgan fingerprint density at radius 2 is 2.12 bits per heavy atom. The molecule has 0 saturated carbocycles. The van der Waals surface area contributed by atoms with Crippen molar-refractivity contribution >= 4 is 5.69 Å². The predicted octanol–water partition coefficient (Wildman–Crippen LogP) is 2.27. The largest absolute Gasteiger partial charge is 0.494 e. The summed E-state index contributed by atoms with van der Waals surface area (Å²) in [6, 6.07) is 8.97. The average molecular weight is 234 g/mol. The molecule has 0 aromatic heterocycles. The van der Waals surface area contributed by atoms with Crippen LogP contribution in [0.2, 0.25) is 0 Å². The molecule has 0 spiro atoms. The zero-order chi connectivity index (χ0) is 12.1. The molecule has 1 aromatic rings. The van der Waals surface area contributed by atoms with Crippen molar-refractivity contribution in [2.75, 3.05) is 31.6 Å². The molecule has 17 heavy (non-hydrogen) atoms. The van der Waals surface area contributed by atoms with Crippen LogP contribution in [0.4, 0.5) is 5.69 Å². The number of anilines is 1. The Bertz CT molecular complexity index is 331. The van der Waals surface area contributed by atoms with Gasteiger partial charge in [0.2, 0.25) is 0 Å². The van der Waals surface area contributed by atoms with Gasteiger partial charge in [-0.1, -0.05) is 0 Å². The molecule has 1 fully saturated rings. The zero-order valence-electron chi connectivity index (χ0n) is 10.8. The van der Waals surface area contributed by atoms with Crippen LogP contribution in [-0.4, -0.2) is 32.8 Å². The van der Waals surface area contributed by atoms with Crippen LogP contribution in [-0.2, 0) is 0 Å². The maximum atomic E-state index is 5.44. The van der Waals surface area contributed by atoms with Crippen molar-refractivity contribution in [3.05, 3.63) is 24.3 Å². The molecule has 0 bridgehead atoms. The van der Waals surface area contributed by atoms with Gasteiger partial charge in [0.05, 0.1) is 6.61 Å². The number of nitrogens with one attached hydrogen (secondary N) is 1. The van der Waals surface area contributed by atoms with E-state index in [1.165, 1.54) is 25.1 Å². The molecule has 0 amide bonds. The number of nitrogens with zero attached hydrogens (tertiary/aromatic N) is 1. The monoisotopic (exact) mass is 234 g/mol. The summed E-state index contributed by atoms with van der Waals surface area (Å²) in [4.78, 5) is 2.30. The van der Waals surface area contributed by atoms with Gasteiger partial charge in [-0.05, 0) is 50.6 Å². The Balaban J connectivity index is 1.91. The topological polar surface area (TPSA) is 24.5 Å². The first-order valence-electron chi connectivity index (χ1n) is 6.47. The molecule has 3 heteroatoms. The minimum Gasteiger partial charge on any atom is -0.494 e. The Labute approximate surface area is 104 Å². The van der Waals surface area contributed by atoms with E-state index in [1.54, 1.807) is 0 Å². The number of likely N-dealkylation sites (N-methyl/N-ethyl adjacent to an activating group) is 1. The zero-order valence-corrected chi connectivity index (χ0v) is 10.8. The highest BCUT2D eigenvalue weighted by Crippen LogP contribution is 2.19. The Morgan fingerprint density at radius 3 is 2.71 bits per heavy atom. The van der Waals surface area contributed by atoms with E-state index < -0.39 is 0 Å². The lowest BCUT2D eigenvalue weighted by Crippen LogP contribution is -2.35. The Hall–Kier alpha value is -1.22. The molecule has 1 aromatic carbocycles. The number of rotatable bonds is 5. The first-order chi connectivity index (χ1) is 8.29. The minimum absolute atomic E-state index is 0.645. The second kappa shape index (κ2) is 5.92. The summed E-state index contributed by atoms with van der Waals surface area (Å²) >= 11 is 0. The minimum atomic E-state index is 0.645. The number of benzene rings is 1. The molecule has 94 valence electrons. The van der Waals surface area contributed by atoms with Gasteiger partial charge in [0, 0.05) is 25.3 Å². The normalized spacial score (nSPS) is 19.3. The van der Waals surface area contributed by atoms with Crippen LogP contribution in [0, 0.1) is 0 Å². The van der Waals surface area contributed by atoms with E-state index in [0.29, 0.717) is 6.04 Å². The smallest absolute Gasteiger partial charge is 0.119 e. The van der Waals surface area contributed by atoms with E-state index in [-0.39, 0.29) is 0 Å². The van der Waals surface area contributed by atoms with Crippen LogP contribution >= 0.6 is 0 Å². The molecule has 1 aliphatic rings. The van der Waals surface area contributed by atoms with Crippen LogP contribution in [0.3, 0.4) is 0 Å². The molecule has 1 heterocycles. The first kappa shape index (κ1) is 12.2. The molecule has 0 radical (unpaired) electrons. The molecule has 0 aliphatic carbocycles. The van der Waals surface area contributed by atoms with Gasteiger partial charge in [-0.15, -0.1) is 0 Å². The molecule has 1 atom stereocenters. The molecule has 1 aliphatic heterocycles. The predicted molar refractivity (Wildman–Crippen MR) is 71.9 cm³/mol. The third-order valence-electron chi connectivity index (χ3n) is 3.25. The van der Waals surface area contributed by atoms with Crippen molar-refractivity contribution in [1.82, 2.24) is 5.32 Å². The van der Waals surface area contributed by atoms with Gasteiger partial charge in [-0.3, -0.25) is 0 Å². The lowest BCUT2D eigenvalue weighted by molar-refractivity contribution is 0.340. The molecular weight excluding hydrogens is 212 g/mol. The molecule has 1 unspecified atom stereocenters. The van der Waals surface area contributed by atoms with Gasteiger partial charge in [-0.2, -0.15) is 0 Å². The van der Waals surface area contributed by atoms with Crippen molar-refractivity contribution in [1.29, 1.82) is 0 Å². The number of hydrogen-bond acceptors (Lipinski definition) is 3. The van der Waals surface area contributed by atoms with Crippen molar-refractivity contribution in [2.24, 2.45) is 0 Å². The highest BCUT2D eigenvalue weighted by atomic mass is 16.5. The summed E-state index contributed by atoms with van der Waals surface area (Å²) in [5.74, 6) is 0.948. The molecule has 2 rings (SSSR count). The Morgan fingerprint density at radius 1 is 1.35 bits per heavy atom. The number of hydrogen-bond donors (Lipinski definition) is 1. The quantitative estimate of drug-likeness (QED) is 0.846. The Kier molecular flexibility index (Phi) is 4.26. The van der Waals surface area contributed by atoms with Gasteiger partial charge in [0.15, 0.2) is 0 Å². The van der Waals surface area contributed by atoms with Crippen LogP contribution in [0.15, 0.2) is 24.3 Å². The summed E-state index contributed by atoms with van der Waals surface area (Å²) in [6.45, 7) is 4.97. The maximum absolute atomic E-state index is 5.44. The maximum Gasteiger partial charge on any atom is 0.119 e. The fourth-order valence-corrected chi connectivity index (χ4v) is 2.31. The van der Waals surface area contributed by atoms with Gasteiger partial charge in [0.25, 0.3) is 0 Å². The van der Waals surface area contributed by atoms with Gasteiger partial charge in [-0.25, -0.2) is 0 Å². The molecule has 1 saturated heterocycles. The van der Waals surface area contributed by atoms with Crippen LogP contribution in [0.25, 0.3) is 0 Å². The van der Waals surface area contributed by atoms with Crippen LogP contribution in [0.5, 0.6) is 5.75 Å². The standard InChI is InChI=1S/C14H22N2O/c1-3-17-14-8-6-13(7-9-14)16(2)11-12-5-4-10-15-12/h6-9,12,15H,3-5,10-11H2,1-2H3. The van der Waals surface area contributed by atoms with Crippen molar-refractivity contribution in [2.45, 2.75) is 25.8 Å². The second-order valence-corrected chi connectivity index (χ2v) is 4.60. The summed E-state index contributed by atoms with van der Waals surface area (Å²) in [7, 11) is 2.15. The van der Waals surface area contributed by atoms with Crippen molar-refractivity contribution in [3.8, 4) is 5.75 Å². The summed E-state index contributed by atoms with van der Waals surface area (Å²) in [5, 5.41) is 3.52. The SMILES string of the molecule is CCOc1ccc(N(C)CC2CCCN2)cc1. The van der Waals surface area contributed by atoms with Crippen molar-refractivity contribution in [3.63, 3.8) is 0 Å². The second-order valence-electron chi connectivity index (χ2n) is 4.60. The third kappa shape index (κ3) is 3.37. The lowest BCUT2D eigenvalue weighted by Gasteiger charge is -2.23. The molecule has 3 nitrogen and oxygen atoms in total. The average Bonchev–Trinajstić information content (AvgIpc) is 2.83. The highest BCUT2D eigenvalue weighted by molar-refractivity contribution is 5.48. The van der Waals surface area contributed by atoms with Gasteiger partial charge < -0.3 is 15.0 Å². The van der Waals surface area contributed by atoms with E-state index in [2.05, 4.69) is 29.4 Å². The van der Waals surface area contributed by atoms with E-state index in [4.69, 9.17) is 4.74 Å². The van der Waals surface area contributed by atoms with Crippen molar-refractivity contribution < 1.29 is 4.74 Å². The third-order valence-corrected chi connectivity index (χ3v) is 3.25. The summed E-state index contributed by atoms with van der Waals surface area (Å²) < 4.78 is 5.44. The number of ether oxygens (including phenoxy) is 1. The van der Waals surface area contributed by atoms with Crippen LogP contribution in [0.1, 0.15) is 19.8 Å². The fraction of sp³-hybridized carbons (Fsp3) is 0.571. The summed E-state index contributed by atoms with van der Waals surface area (Å²) in [5.41, 5.74) is 1.25. The van der Waals surface area contributed by atoms with E-state index in [9.17, 15) is 0 Å². The summed E-state index contributed by atoms with van der Waals surface area (Å²) in [6.07, 6.45) is 2.60. The van der Waals surface area contributed by atoms with E-state index in [1.807, 2.05) is 19.1 Å². The van der Waals surface area contributed by atoms with Gasteiger partial charge in [0.1, 0.15) is 5.75 Å². The van der Waals surface area contributed by atoms with Crippen LogP contribution < -0.4 is 15.0 Å². The highest BCUT2D eigenvalue weighted by Gasteiger charge is 2.15. The van der Waals surface area contributed by atoms with Gasteiger partial charge >= 0.3 is 0 Å². The lowest BCUT2D eigenvalue weighted by atomic mass is 10.2. The van der Waals surface area contributed by atoms with E-state index >= 15 is 0 Å². The molecular formula is C14H22N2O. The first-order valence-corrected chi connectivity index (χ1v) is 6.47. The fourth-order valence-electron chi connectivity index (χ4n) is 2.31. The molecule has 1 N–H and O–H groups in total.